The highest BCUT2D eigenvalue weighted by Crippen LogP contribution is 2.06. The molecule has 14 heavy (non-hydrogen) atoms. The SMILES string of the molecule is CCCCCCCCCOC(=O)OC. The molecule has 3 nitrogen and oxygen atoms in total. The topological polar surface area (TPSA) is 35.5 Å². The Balaban J connectivity index is 2.95. The number of hydrogen-bond acceptors (Lipinski definition) is 3. The van der Waals surface area contributed by atoms with E-state index in [2.05, 4.69) is 11.7 Å². The number of hydrogen-bond donors (Lipinski definition) is 0. The molecular weight excluding hydrogens is 180 g/mol. The Morgan fingerprint density at radius 2 is 1.57 bits per heavy atom. The molecular formula is C11H22O3. The van der Waals surface area contributed by atoms with E-state index in [1.54, 1.807) is 0 Å². The Bertz CT molecular complexity index is 134. The Morgan fingerprint density at radius 3 is 2.14 bits per heavy atom. The van der Waals surface area contributed by atoms with Crippen LogP contribution in [0.3, 0.4) is 0 Å². The minimum atomic E-state index is -0.573. The van der Waals surface area contributed by atoms with Gasteiger partial charge in [-0.1, -0.05) is 45.4 Å². The Labute approximate surface area is 86.8 Å². The first-order valence-corrected chi connectivity index (χ1v) is 5.52. The van der Waals surface area contributed by atoms with E-state index in [-0.39, 0.29) is 0 Å². The number of rotatable bonds is 8. The van der Waals surface area contributed by atoms with Gasteiger partial charge in [0.15, 0.2) is 0 Å². The zero-order chi connectivity index (χ0) is 10.6. The van der Waals surface area contributed by atoms with Crippen molar-refractivity contribution < 1.29 is 14.3 Å². The lowest BCUT2D eigenvalue weighted by atomic mass is 10.1. The molecule has 0 saturated heterocycles. The van der Waals surface area contributed by atoms with E-state index in [1.165, 1.54) is 39.2 Å². The molecule has 0 unspecified atom stereocenters. The Morgan fingerprint density at radius 1 is 1.00 bits per heavy atom. The van der Waals surface area contributed by atoms with Crippen LogP contribution in [0, 0.1) is 0 Å². The van der Waals surface area contributed by atoms with Gasteiger partial charge in [0.2, 0.25) is 0 Å². The molecule has 3 heteroatoms. The van der Waals surface area contributed by atoms with Crippen LogP contribution in [0.5, 0.6) is 0 Å². The van der Waals surface area contributed by atoms with Crippen molar-refractivity contribution >= 4 is 6.16 Å². The lowest BCUT2D eigenvalue weighted by Crippen LogP contribution is -2.05. The smallest absolute Gasteiger partial charge is 0.438 e. The van der Waals surface area contributed by atoms with Crippen LogP contribution < -0.4 is 0 Å². The molecule has 0 radical (unpaired) electrons. The summed E-state index contributed by atoms with van der Waals surface area (Å²) < 4.78 is 9.11. The molecule has 0 atom stereocenters. The summed E-state index contributed by atoms with van der Waals surface area (Å²) in [6.45, 7) is 2.70. The Kier molecular flexibility index (Phi) is 9.81. The van der Waals surface area contributed by atoms with Crippen LogP contribution in [0.1, 0.15) is 51.9 Å². The van der Waals surface area contributed by atoms with E-state index in [0.717, 1.165) is 12.8 Å². The second kappa shape index (κ2) is 10.4. The van der Waals surface area contributed by atoms with Crippen LogP contribution in [-0.2, 0) is 9.47 Å². The standard InChI is InChI=1S/C11H22O3/c1-3-4-5-6-7-8-9-10-14-11(12)13-2/h3-10H2,1-2H3. The maximum absolute atomic E-state index is 10.5. The first kappa shape index (κ1) is 13.3. The average molecular weight is 202 g/mol. The average Bonchev–Trinajstić information content (AvgIpc) is 2.21. The highest BCUT2D eigenvalue weighted by atomic mass is 16.7. The maximum atomic E-state index is 10.5. The van der Waals surface area contributed by atoms with Crippen LogP contribution in [0.2, 0.25) is 0 Å². The van der Waals surface area contributed by atoms with Crippen molar-refractivity contribution in [1.82, 2.24) is 0 Å². The van der Waals surface area contributed by atoms with Crippen molar-refractivity contribution in [2.75, 3.05) is 13.7 Å². The number of methoxy groups -OCH3 is 1. The fraction of sp³-hybridized carbons (Fsp3) is 0.909. The van der Waals surface area contributed by atoms with Crippen LogP contribution in [0.4, 0.5) is 4.79 Å². The van der Waals surface area contributed by atoms with Gasteiger partial charge in [-0.15, -0.1) is 0 Å². The summed E-state index contributed by atoms with van der Waals surface area (Å²) in [7, 11) is 1.33. The van der Waals surface area contributed by atoms with Crippen molar-refractivity contribution in [1.29, 1.82) is 0 Å². The van der Waals surface area contributed by atoms with E-state index in [0.29, 0.717) is 6.61 Å². The van der Waals surface area contributed by atoms with Crippen LogP contribution in [0.25, 0.3) is 0 Å². The van der Waals surface area contributed by atoms with Crippen molar-refractivity contribution in [2.24, 2.45) is 0 Å². The first-order valence-electron chi connectivity index (χ1n) is 5.52. The van der Waals surface area contributed by atoms with E-state index in [1.807, 2.05) is 0 Å². The summed E-state index contributed by atoms with van der Waals surface area (Å²) in [5, 5.41) is 0. The molecule has 84 valence electrons. The summed E-state index contributed by atoms with van der Waals surface area (Å²) in [5.41, 5.74) is 0. The molecule has 0 rings (SSSR count). The Hall–Kier alpha value is -0.730. The van der Waals surface area contributed by atoms with Gasteiger partial charge in [0.25, 0.3) is 0 Å². The van der Waals surface area contributed by atoms with Crippen LogP contribution in [-0.4, -0.2) is 19.9 Å². The number of carbonyl (C=O) groups excluding carboxylic acids is 1. The van der Waals surface area contributed by atoms with Gasteiger partial charge in [-0.05, 0) is 6.42 Å². The summed E-state index contributed by atoms with van der Waals surface area (Å²) in [5.74, 6) is 0. The molecule has 0 spiro atoms. The molecule has 0 aromatic carbocycles. The molecule has 0 aliphatic heterocycles. The highest BCUT2D eigenvalue weighted by molar-refractivity contribution is 5.59. The van der Waals surface area contributed by atoms with Gasteiger partial charge in [-0.25, -0.2) is 4.79 Å². The van der Waals surface area contributed by atoms with Gasteiger partial charge < -0.3 is 9.47 Å². The second-order valence-electron chi connectivity index (χ2n) is 3.42. The predicted molar refractivity (Wildman–Crippen MR) is 56.4 cm³/mol. The van der Waals surface area contributed by atoms with Gasteiger partial charge in [0.05, 0.1) is 13.7 Å². The third kappa shape index (κ3) is 9.36. The zero-order valence-electron chi connectivity index (χ0n) is 9.38. The van der Waals surface area contributed by atoms with Gasteiger partial charge in [-0.3, -0.25) is 0 Å². The number of unbranched alkanes of at least 4 members (excludes halogenated alkanes) is 6. The summed E-state index contributed by atoms with van der Waals surface area (Å²) in [6, 6.07) is 0. The van der Waals surface area contributed by atoms with Crippen molar-refractivity contribution in [2.45, 2.75) is 51.9 Å². The fourth-order valence-electron chi connectivity index (χ4n) is 1.27. The summed E-state index contributed by atoms with van der Waals surface area (Å²) in [4.78, 5) is 10.5. The van der Waals surface area contributed by atoms with E-state index < -0.39 is 6.16 Å². The third-order valence-electron chi connectivity index (χ3n) is 2.13. The molecule has 0 amide bonds. The van der Waals surface area contributed by atoms with Gasteiger partial charge >= 0.3 is 6.16 Å². The molecule has 0 aliphatic carbocycles. The minimum absolute atomic E-state index is 0.487. The quantitative estimate of drug-likeness (QED) is 0.446. The molecule has 0 saturated carbocycles. The summed E-state index contributed by atoms with van der Waals surface area (Å²) in [6.07, 6.45) is 7.99. The van der Waals surface area contributed by atoms with E-state index in [4.69, 9.17) is 4.74 Å². The van der Waals surface area contributed by atoms with Crippen molar-refractivity contribution in [3.8, 4) is 0 Å². The van der Waals surface area contributed by atoms with Crippen LogP contribution in [0.15, 0.2) is 0 Å². The first-order chi connectivity index (χ1) is 6.81. The molecule has 0 bridgehead atoms. The minimum Gasteiger partial charge on any atom is -0.438 e. The van der Waals surface area contributed by atoms with Crippen LogP contribution >= 0.6 is 0 Å². The largest absolute Gasteiger partial charge is 0.507 e. The summed E-state index contributed by atoms with van der Waals surface area (Å²) >= 11 is 0. The fourth-order valence-corrected chi connectivity index (χ4v) is 1.27. The molecule has 0 aliphatic rings. The molecule has 0 heterocycles. The lowest BCUT2D eigenvalue weighted by molar-refractivity contribution is 0.0713. The lowest BCUT2D eigenvalue weighted by Gasteiger charge is -2.02. The van der Waals surface area contributed by atoms with E-state index >= 15 is 0 Å². The van der Waals surface area contributed by atoms with Gasteiger partial charge in [0.1, 0.15) is 0 Å². The normalized spacial score (nSPS) is 9.86. The molecule has 0 fully saturated rings. The van der Waals surface area contributed by atoms with Gasteiger partial charge in [0, 0.05) is 0 Å². The van der Waals surface area contributed by atoms with Crippen molar-refractivity contribution in [3.63, 3.8) is 0 Å². The molecule has 0 aromatic heterocycles. The predicted octanol–water partition coefficient (Wildman–Crippen LogP) is 3.52. The number of carbonyl (C=O) groups is 1. The molecule has 0 aromatic rings. The highest BCUT2D eigenvalue weighted by Gasteiger charge is 1.98. The van der Waals surface area contributed by atoms with Crippen molar-refractivity contribution in [3.05, 3.63) is 0 Å². The van der Waals surface area contributed by atoms with E-state index in [9.17, 15) is 4.79 Å². The second-order valence-corrected chi connectivity index (χ2v) is 3.42. The molecule has 0 N–H and O–H groups in total. The maximum Gasteiger partial charge on any atom is 0.507 e. The van der Waals surface area contributed by atoms with Gasteiger partial charge in [-0.2, -0.15) is 0 Å². The number of ether oxygens (including phenoxy) is 2. The monoisotopic (exact) mass is 202 g/mol. The zero-order valence-corrected chi connectivity index (χ0v) is 9.38. The third-order valence-corrected chi connectivity index (χ3v) is 2.13.